The first-order chi connectivity index (χ1) is 8.93. The predicted octanol–water partition coefficient (Wildman–Crippen LogP) is 3.93. The SMILES string of the molecule is C1CCCc2c(nc3sc4c(n23)CCCC4)CC1. The Kier molecular flexibility index (Phi) is 2.68. The van der Waals surface area contributed by atoms with E-state index in [0.717, 1.165) is 0 Å². The van der Waals surface area contributed by atoms with Crippen LogP contribution >= 0.6 is 11.3 Å². The summed E-state index contributed by atoms with van der Waals surface area (Å²) in [4.78, 5) is 7.85. The fraction of sp³-hybridized carbons (Fsp3) is 0.667. The highest BCUT2D eigenvalue weighted by Crippen LogP contribution is 2.33. The third kappa shape index (κ3) is 1.63. The van der Waals surface area contributed by atoms with E-state index in [1.54, 1.807) is 16.3 Å². The molecule has 0 fully saturated rings. The van der Waals surface area contributed by atoms with E-state index < -0.39 is 0 Å². The number of fused-ring (bicyclic) bond motifs is 5. The molecule has 18 heavy (non-hydrogen) atoms. The zero-order valence-electron chi connectivity index (χ0n) is 10.9. The van der Waals surface area contributed by atoms with Gasteiger partial charge in [0.05, 0.1) is 5.69 Å². The molecule has 0 aromatic carbocycles. The Morgan fingerprint density at radius 3 is 2.44 bits per heavy atom. The van der Waals surface area contributed by atoms with Crippen LogP contribution in [0.4, 0.5) is 0 Å². The summed E-state index contributed by atoms with van der Waals surface area (Å²) in [5.74, 6) is 0. The number of thiazole rings is 1. The highest BCUT2D eigenvalue weighted by molar-refractivity contribution is 7.17. The Morgan fingerprint density at radius 1 is 0.778 bits per heavy atom. The van der Waals surface area contributed by atoms with Gasteiger partial charge in [0.2, 0.25) is 0 Å². The standard InChI is InChI=1S/C15H20N2S/c1-2-4-8-12-11(7-3-1)16-15-17(12)13-9-5-6-10-14(13)18-15/h1-10H2. The van der Waals surface area contributed by atoms with Gasteiger partial charge >= 0.3 is 0 Å². The van der Waals surface area contributed by atoms with E-state index in [2.05, 4.69) is 4.40 Å². The van der Waals surface area contributed by atoms with E-state index in [-0.39, 0.29) is 0 Å². The molecular weight excluding hydrogens is 240 g/mol. The van der Waals surface area contributed by atoms with Gasteiger partial charge in [-0.25, -0.2) is 4.98 Å². The normalized spacial score (nSPS) is 20.2. The molecule has 0 saturated heterocycles. The third-order valence-electron chi connectivity index (χ3n) is 4.48. The Bertz CT molecular complexity index is 579. The highest BCUT2D eigenvalue weighted by atomic mass is 32.1. The number of hydrogen-bond donors (Lipinski definition) is 0. The van der Waals surface area contributed by atoms with Crippen molar-refractivity contribution in [2.75, 3.05) is 0 Å². The lowest BCUT2D eigenvalue weighted by Crippen LogP contribution is -2.07. The number of imidazole rings is 1. The van der Waals surface area contributed by atoms with Gasteiger partial charge in [0, 0.05) is 16.3 Å². The molecule has 2 aliphatic carbocycles. The van der Waals surface area contributed by atoms with E-state index in [1.807, 2.05) is 11.3 Å². The first kappa shape index (κ1) is 11.0. The molecule has 0 saturated carbocycles. The lowest BCUT2D eigenvalue weighted by atomic mass is 10.00. The quantitative estimate of drug-likeness (QED) is 0.701. The molecule has 0 N–H and O–H groups in total. The summed E-state index contributed by atoms with van der Waals surface area (Å²) in [6.45, 7) is 0. The van der Waals surface area contributed by atoms with Crippen molar-refractivity contribution < 1.29 is 0 Å². The lowest BCUT2D eigenvalue weighted by molar-refractivity contribution is 0.599. The van der Waals surface area contributed by atoms with Gasteiger partial charge in [-0.05, 0) is 51.4 Å². The zero-order valence-corrected chi connectivity index (χ0v) is 11.7. The Labute approximate surface area is 112 Å². The van der Waals surface area contributed by atoms with Crippen LogP contribution in [0.3, 0.4) is 0 Å². The molecule has 0 unspecified atom stereocenters. The first-order valence-corrected chi connectivity index (χ1v) is 8.26. The summed E-state index contributed by atoms with van der Waals surface area (Å²) in [6.07, 6.45) is 13.2. The van der Waals surface area contributed by atoms with Crippen molar-refractivity contribution in [3.63, 3.8) is 0 Å². The van der Waals surface area contributed by atoms with Gasteiger partial charge in [-0.15, -0.1) is 11.3 Å². The van der Waals surface area contributed by atoms with E-state index in [9.17, 15) is 0 Å². The van der Waals surface area contributed by atoms with Crippen LogP contribution in [-0.2, 0) is 25.7 Å². The predicted molar refractivity (Wildman–Crippen MR) is 75.6 cm³/mol. The van der Waals surface area contributed by atoms with E-state index in [4.69, 9.17) is 4.98 Å². The number of aromatic nitrogens is 2. The molecule has 2 aromatic heterocycles. The third-order valence-corrected chi connectivity index (χ3v) is 5.62. The number of aryl methyl sites for hydroxylation is 4. The van der Waals surface area contributed by atoms with Crippen LogP contribution in [0, 0.1) is 0 Å². The molecule has 0 amide bonds. The van der Waals surface area contributed by atoms with Gasteiger partial charge in [-0.1, -0.05) is 12.8 Å². The smallest absolute Gasteiger partial charge is 0.194 e. The van der Waals surface area contributed by atoms with Crippen molar-refractivity contribution in [2.24, 2.45) is 0 Å². The second-order valence-corrected chi connectivity index (χ2v) is 6.78. The van der Waals surface area contributed by atoms with Crippen molar-refractivity contribution in [1.82, 2.24) is 9.38 Å². The van der Waals surface area contributed by atoms with Crippen LogP contribution in [0.15, 0.2) is 0 Å². The summed E-state index contributed by atoms with van der Waals surface area (Å²) in [5, 5.41) is 0. The van der Waals surface area contributed by atoms with E-state index in [1.165, 1.54) is 74.9 Å². The van der Waals surface area contributed by atoms with Crippen LogP contribution < -0.4 is 0 Å². The first-order valence-electron chi connectivity index (χ1n) is 7.44. The summed E-state index contributed by atoms with van der Waals surface area (Å²) in [5.41, 5.74) is 4.58. The molecular formula is C15H20N2S. The summed E-state index contributed by atoms with van der Waals surface area (Å²) >= 11 is 1.96. The summed E-state index contributed by atoms with van der Waals surface area (Å²) in [7, 11) is 0. The van der Waals surface area contributed by atoms with Crippen LogP contribution in [0.5, 0.6) is 0 Å². The fourth-order valence-corrected chi connectivity index (χ4v) is 4.78. The van der Waals surface area contributed by atoms with Crippen molar-refractivity contribution in [1.29, 1.82) is 0 Å². The number of nitrogens with zero attached hydrogens (tertiary/aromatic N) is 2. The second-order valence-electron chi connectivity index (χ2n) is 5.72. The van der Waals surface area contributed by atoms with Crippen molar-refractivity contribution in [3.8, 4) is 0 Å². The van der Waals surface area contributed by atoms with Gasteiger partial charge in [0.15, 0.2) is 4.96 Å². The van der Waals surface area contributed by atoms with Crippen molar-refractivity contribution in [2.45, 2.75) is 64.2 Å². The molecule has 2 heterocycles. The second kappa shape index (κ2) is 4.37. The maximum absolute atomic E-state index is 4.94. The van der Waals surface area contributed by atoms with Gasteiger partial charge in [-0.2, -0.15) is 0 Å². The number of hydrogen-bond acceptors (Lipinski definition) is 2. The molecule has 4 rings (SSSR count). The summed E-state index contributed by atoms with van der Waals surface area (Å²) < 4.78 is 2.54. The molecule has 2 nitrogen and oxygen atoms in total. The molecule has 0 aliphatic heterocycles. The Balaban J connectivity index is 1.90. The van der Waals surface area contributed by atoms with Crippen LogP contribution in [0.2, 0.25) is 0 Å². The average molecular weight is 260 g/mol. The lowest BCUT2D eigenvalue weighted by Gasteiger charge is -2.14. The Hall–Kier alpha value is -0.830. The maximum Gasteiger partial charge on any atom is 0.194 e. The molecule has 96 valence electrons. The van der Waals surface area contributed by atoms with Gasteiger partial charge < -0.3 is 0 Å². The molecule has 2 aromatic rings. The zero-order chi connectivity index (χ0) is 11.9. The molecule has 0 radical (unpaired) electrons. The average Bonchev–Trinajstić information content (AvgIpc) is 2.85. The molecule has 0 atom stereocenters. The minimum Gasteiger partial charge on any atom is -0.291 e. The molecule has 3 heteroatoms. The van der Waals surface area contributed by atoms with Gasteiger partial charge in [0.25, 0.3) is 0 Å². The minimum absolute atomic E-state index is 1.21. The molecule has 2 aliphatic rings. The van der Waals surface area contributed by atoms with E-state index >= 15 is 0 Å². The monoisotopic (exact) mass is 260 g/mol. The fourth-order valence-electron chi connectivity index (χ4n) is 3.53. The van der Waals surface area contributed by atoms with Crippen LogP contribution in [0.25, 0.3) is 4.96 Å². The largest absolute Gasteiger partial charge is 0.291 e. The molecule has 0 spiro atoms. The maximum atomic E-state index is 4.94. The minimum atomic E-state index is 1.21. The Morgan fingerprint density at radius 2 is 1.50 bits per heavy atom. The number of rotatable bonds is 0. The van der Waals surface area contributed by atoms with Gasteiger partial charge in [-0.3, -0.25) is 4.40 Å². The van der Waals surface area contributed by atoms with Crippen LogP contribution in [-0.4, -0.2) is 9.38 Å². The van der Waals surface area contributed by atoms with Crippen molar-refractivity contribution >= 4 is 16.3 Å². The van der Waals surface area contributed by atoms with Crippen LogP contribution in [0.1, 0.15) is 60.5 Å². The highest BCUT2D eigenvalue weighted by Gasteiger charge is 2.22. The molecule has 0 bridgehead atoms. The topological polar surface area (TPSA) is 17.3 Å². The van der Waals surface area contributed by atoms with Gasteiger partial charge in [0.1, 0.15) is 0 Å². The van der Waals surface area contributed by atoms with E-state index in [0.29, 0.717) is 0 Å². The van der Waals surface area contributed by atoms with Crippen molar-refractivity contribution in [3.05, 3.63) is 22.0 Å². The summed E-state index contributed by atoms with van der Waals surface area (Å²) in [6, 6.07) is 0.